The lowest BCUT2D eigenvalue weighted by Gasteiger charge is -2.69. The minimum Gasteiger partial charge on any atom is -0.459 e. The van der Waals surface area contributed by atoms with Crippen LogP contribution in [0.15, 0.2) is 121 Å². The van der Waals surface area contributed by atoms with Gasteiger partial charge in [0.2, 0.25) is 5.91 Å². The van der Waals surface area contributed by atoms with Gasteiger partial charge in [0.25, 0.3) is 0 Å². The van der Waals surface area contributed by atoms with E-state index in [0.717, 1.165) is 5.56 Å². The summed E-state index contributed by atoms with van der Waals surface area (Å²) in [5.74, 6) is -3.08. The van der Waals surface area contributed by atoms with E-state index in [2.05, 4.69) is 0 Å². The fourth-order valence-corrected chi connectivity index (χ4v) is 7.83. The van der Waals surface area contributed by atoms with Crippen LogP contribution in [0.1, 0.15) is 64.3 Å². The summed E-state index contributed by atoms with van der Waals surface area (Å²) >= 11 is 0. The molecule has 2 heterocycles. The van der Waals surface area contributed by atoms with Gasteiger partial charge in [0.05, 0.1) is 35.2 Å². The number of carbonyl (C=O) groups is 5. The van der Waals surface area contributed by atoms with Crippen molar-refractivity contribution in [2.75, 3.05) is 6.61 Å². The van der Waals surface area contributed by atoms with Crippen molar-refractivity contribution in [3.63, 3.8) is 0 Å². The zero-order valence-electron chi connectivity index (χ0n) is 30.5. The van der Waals surface area contributed by atoms with Crippen LogP contribution in [0.3, 0.4) is 0 Å². The summed E-state index contributed by atoms with van der Waals surface area (Å²) in [5.41, 5.74) is 0.310. The number of carbonyl (C=O) groups excluding carboxylic acids is 5. The van der Waals surface area contributed by atoms with Crippen molar-refractivity contribution in [3.8, 4) is 0 Å². The Morgan fingerprint density at radius 3 is 1.61 bits per heavy atom. The maximum atomic E-state index is 14.8. The van der Waals surface area contributed by atoms with Crippen molar-refractivity contribution in [2.24, 2.45) is 16.7 Å². The van der Waals surface area contributed by atoms with Crippen LogP contribution in [0.4, 0.5) is 4.79 Å². The number of hydrogen-bond donors (Lipinski definition) is 0. The van der Waals surface area contributed by atoms with Crippen molar-refractivity contribution in [1.82, 2.24) is 9.80 Å². The van der Waals surface area contributed by atoms with Crippen LogP contribution >= 0.6 is 0 Å². The number of esters is 3. The van der Waals surface area contributed by atoms with Crippen molar-refractivity contribution < 1.29 is 42.9 Å². The second-order valence-corrected chi connectivity index (χ2v) is 15.0. The summed E-state index contributed by atoms with van der Waals surface area (Å²) in [4.78, 5) is 72.5. The third-order valence-corrected chi connectivity index (χ3v) is 11.4. The van der Waals surface area contributed by atoms with Gasteiger partial charge in [-0.1, -0.05) is 113 Å². The van der Waals surface area contributed by atoms with Crippen molar-refractivity contribution >= 4 is 29.8 Å². The van der Waals surface area contributed by atoms with Crippen LogP contribution in [-0.4, -0.2) is 76.8 Å². The van der Waals surface area contributed by atoms with E-state index in [-0.39, 0.29) is 23.6 Å². The molecule has 0 unspecified atom stereocenters. The Labute approximate surface area is 313 Å². The summed E-state index contributed by atoms with van der Waals surface area (Å²) in [6.45, 7) is 7.56. The molecule has 3 amide bonds. The molecule has 54 heavy (non-hydrogen) atoms. The second kappa shape index (κ2) is 14.5. The smallest absolute Gasteiger partial charge is 0.338 e. The highest BCUT2D eigenvalue weighted by Gasteiger charge is 2.73. The number of hydrogen-bond acceptors (Lipinski definition) is 9. The summed E-state index contributed by atoms with van der Waals surface area (Å²) in [6, 6.07) is 32.8. The molecule has 278 valence electrons. The molecule has 3 aliphatic rings. The van der Waals surface area contributed by atoms with Gasteiger partial charge in [-0.2, -0.15) is 0 Å². The Morgan fingerprint density at radius 2 is 1.09 bits per heavy atom. The van der Waals surface area contributed by atoms with E-state index in [1.54, 1.807) is 91.0 Å². The van der Waals surface area contributed by atoms with E-state index < -0.39 is 77.9 Å². The van der Waals surface area contributed by atoms with E-state index in [9.17, 15) is 24.0 Å². The number of ether oxygens (including phenoxy) is 4. The van der Waals surface area contributed by atoms with Crippen LogP contribution in [-0.2, 0) is 30.3 Å². The van der Waals surface area contributed by atoms with Crippen LogP contribution in [0.5, 0.6) is 0 Å². The molecule has 0 bridgehead atoms. The van der Waals surface area contributed by atoms with Gasteiger partial charge < -0.3 is 18.9 Å². The largest absolute Gasteiger partial charge is 0.459 e. The molecule has 4 aromatic rings. The molecule has 0 N–H and O–H groups in total. The lowest BCUT2D eigenvalue weighted by molar-refractivity contribution is -0.231. The molecule has 2 aliphatic heterocycles. The number of fused-ring (bicyclic) bond motifs is 1. The molecule has 0 aromatic heterocycles. The average molecular weight is 731 g/mol. The maximum absolute atomic E-state index is 14.8. The van der Waals surface area contributed by atoms with E-state index in [1.807, 2.05) is 58.0 Å². The highest BCUT2D eigenvalue weighted by molar-refractivity contribution is 6.00. The van der Waals surface area contributed by atoms with Gasteiger partial charge in [-0.05, 0) is 52.8 Å². The number of amides is 3. The molecule has 7 rings (SSSR count). The van der Waals surface area contributed by atoms with Crippen molar-refractivity contribution in [2.45, 2.75) is 64.8 Å². The third-order valence-electron chi connectivity index (χ3n) is 11.4. The molecule has 0 radical (unpaired) electrons. The fourth-order valence-electron chi connectivity index (χ4n) is 7.83. The first-order chi connectivity index (χ1) is 25.9. The van der Waals surface area contributed by atoms with E-state index >= 15 is 0 Å². The number of nitrogens with zero attached hydrogens (tertiary/aromatic N) is 2. The van der Waals surface area contributed by atoms with Gasteiger partial charge in [0.15, 0.2) is 18.4 Å². The molecule has 4 aromatic carbocycles. The molecule has 6 atom stereocenters. The monoisotopic (exact) mass is 730 g/mol. The van der Waals surface area contributed by atoms with Gasteiger partial charge in [-0.15, -0.1) is 0 Å². The minimum atomic E-state index is -1.40. The molecule has 0 spiro atoms. The number of imide groups is 1. The van der Waals surface area contributed by atoms with Gasteiger partial charge in [0, 0.05) is 0 Å². The molecule has 1 saturated carbocycles. The number of benzene rings is 4. The van der Waals surface area contributed by atoms with Crippen molar-refractivity contribution in [1.29, 1.82) is 0 Å². The molecule has 2 saturated heterocycles. The second-order valence-electron chi connectivity index (χ2n) is 15.0. The number of urea groups is 1. The zero-order valence-corrected chi connectivity index (χ0v) is 30.5. The van der Waals surface area contributed by atoms with Crippen LogP contribution in [0.2, 0.25) is 0 Å². The van der Waals surface area contributed by atoms with E-state index in [1.165, 1.54) is 9.80 Å². The van der Waals surface area contributed by atoms with Crippen molar-refractivity contribution in [3.05, 3.63) is 144 Å². The van der Waals surface area contributed by atoms with Gasteiger partial charge >= 0.3 is 23.9 Å². The first-order valence-corrected chi connectivity index (χ1v) is 18.0. The first-order valence-electron chi connectivity index (χ1n) is 18.0. The maximum Gasteiger partial charge on any atom is 0.338 e. The molecule has 11 heteroatoms. The summed E-state index contributed by atoms with van der Waals surface area (Å²) in [5, 5.41) is 0. The van der Waals surface area contributed by atoms with Crippen LogP contribution in [0.25, 0.3) is 0 Å². The fraction of sp³-hybridized carbons (Fsp3) is 0.326. The lowest BCUT2D eigenvalue weighted by atomic mass is 9.42. The highest BCUT2D eigenvalue weighted by Crippen LogP contribution is 2.64. The summed E-state index contributed by atoms with van der Waals surface area (Å²) in [7, 11) is 0. The zero-order chi connectivity index (χ0) is 38.2. The Balaban J connectivity index is 1.31. The Hall–Kier alpha value is -5.81. The van der Waals surface area contributed by atoms with E-state index in [4.69, 9.17) is 18.9 Å². The predicted octanol–water partition coefficient (Wildman–Crippen LogP) is 6.53. The Bertz CT molecular complexity index is 2020. The minimum absolute atomic E-state index is 0.000460. The van der Waals surface area contributed by atoms with Gasteiger partial charge in [0.1, 0.15) is 12.7 Å². The Kier molecular flexibility index (Phi) is 9.85. The van der Waals surface area contributed by atoms with Gasteiger partial charge in [-0.25, -0.2) is 19.2 Å². The quantitative estimate of drug-likeness (QED) is 0.132. The average Bonchev–Trinajstić information content (AvgIpc) is 3.51. The van der Waals surface area contributed by atoms with Crippen LogP contribution in [0, 0.1) is 16.7 Å². The predicted molar refractivity (Wildman–Crippen MR) is 196 cm³/mol. The lowest BCUT2D eigenvalue weighted by Crippen LogP contribution is -2.80. The summed E-state index contributed by atoms with van der Waals surface area (Å²) in [6.07, 6.45) is -5.29. The molecule has 11 nitrogen and oxygen atoms in total. The van der Waals surface area contributed by atoms with E-state index in [0.29, 0.717) is 5.56 Å². The van der Waals surface area contributed by atoms with Crippen LogP contribution < -0.4 is 0 Å². The highest BCUT2D eigenvalue weighted by atomic mass is 16.7. The third kappa shape index (κ3) is 6.53. The molecular formula is C43H42N2O9. The normalized spacial score (nSPS) is 25.3. The SMILES string of the molecule is CC1(C)[C@H]2C(=O)N(Cc3ccccc3)C(=O)N([C@@H]3O[C@H](COC(=O)c4ccccc4)[C@@H](OC(=O)c4ccccc4)[C@H]3OC(=O)c3ccccc3)[C@H]2C1(C)C. The molecule has 1 aliphatic carbocycles. The Morgan fingerprint density at radius 1 is 0.630 bits per heavy atom. The molecular weight excluding hydrogens is 688 g/mol. The number of rotatable bonds is 10. The topological polar surface area (TPSA) is 129 Å². The standard InChI is InChI=1S/C43H42N2O9/c1-42(2)32-35(43(42,3)4)45(41(50)44(36(32)46)25-27-17-9-5-10-18-27)37-34(54-40(49)30-23-15-8-16-24-30)33(53-39(48)29-21-13-7-14-22-29)31(52-37)26-51-38(47)28-19-11-6-12-20-28/h5-24,31-35,37H,25-26H2,1-4H3/t31-,32-,33-,34-,35-,37-/m1/s1. The first kappa shape index (κ1) is 36.5. The summed E-state index contributed by atoms with van der Waals surface area (Å²) < 4.78 is 24.7. The molecule has 3 fully saturated rings. The van der Waals surface area contributed by atoms with Gasteiger partial charge in [-0.3, -0.25) is 14.6 Å².